The van der Waals surface area contributed by atoms with Crippen LogP contribution in [0.2, 0.25) is 5.02 Å². The second-order valence-corrected chi connectivity index (χ2v) is 6.69. The second-order valence-electron chi connectivity index (χ2n) is 6.29. The minimum absolute atomic E-state index is 0.0696. The van der Waals surface area contributed by atoms with Gasteiger partial charge in [-0.15, -0.1) is 0 Å². The summed E-state index contributed by atoms with van der Waals surface area (Å²) in [5, 5.41) is 3.49. The van der Waals surface area contributed by atoms with E-state index in [9.17, 15) is 9.59 Å². The van der Waals surface area contributed by atoms with Crippen LogP contribution < -0.4 is 11.0 Å². The van der Waals surface area contributed by atoms with Gasteiger partial charge in [-0.25, -0.2) is 4.79 Å². The van der Waals surface area contributed by atoms with Crippen molar-refractivity contribution in [2.45, 2.75) is 39.8 Å². The third-order valence-corrected chi connectivity index (χ3v) is 4.89. The number of anilines is 1. The lowest BCUT2D eigenvalue weighted by molar-refractivity contribution is -0.116. The lowest BCUT2D eigenvalue weighted by Gasteiger charge is -2.09. The highest BCUT2D eigenvalue weighted by atomic mass is 35.5. The molecule has 26 heavy (non-hydrogen) atoms. The number of fused-ring (bicyclic) bond motifs is 1. The summed E-state index contributed by atoms with van der Waals surface area (Å²) in [6.07, 6.45) is 1.09. The number of nitrogens with zero attached hydrogens (tertiary/aromatic N) is 2. The van der Waals surface area contributed by atoms with Crippen molar-refractivity contribution in [1.82, 2.24) is 9.13 Å². The first kappa shape index (κ1) is 18.3. The van der Waals surface area contributed by atoms with Crippen molar-refractivity contribution < 1.29 is 4.79 Å². The van der Waals surface area contributed by atoms with Gasteiger partial charge in [0, 0.05) is 30.2 Å². The van der Waals surface area contributed by atoms with Gasteiger partial charge in [-0.1, -0.05) is 36.7 Å². The lowest BCUT2D eigenvalue weighted by Crippen LogP contribution is -2.26. The highest BCUT2D eigenvalue weighted by Gasteiger charge is 2.14. The Morgan fingerprint density at radius 1 is 1.04 bits per heavy atom. The summed E-state index contributed by atoms with van der Waals surface area (Å²) in [6, 6.07) is 13.1. The number of para-hydroxylation sites is 2. The Kier molecular flexibility index (Phi) is 5.47. The molecule has 3 aromatic rings. The van der Waals surface area contributed by atoms with Crippen LogP contribution in [-0.2, 0) is 17.9 Å². The first-order chi connectivity index (χ1) is 12.5. The smallest absolute Gasteiger partial charge is 0.326 e. The molecule has 0 fully saturated rings. The number of hydrogen-bond acceptors (Lipinski definition) is 2. The summed E-state index contributed by atoms with van der Waals surface area (Å²) in [5.41, 5.74) is 3.23. The largest absolute Gasteiger partial charge is 0.329 e. The molecule has 0 unspecified atom stereocenters. The lowest BCUT2D eigenvalue weighted by atomic mass is 10.2. The van der Waals surface area contributed by atoms with E-state index >= 15 is 0 Å². The van der Waals surface area contributed by atoms with Crippen molar-refractivity contribution >= 4 is 34.2 Å². The number of nitrogens with one attached hydrogen (secondary N) is 1. The normalized spacial score (nSPS) is 11.0. The fourth-order valence-corrected chi connectivity index (χ4v) is 3.27. The molecule has 6 heteroatoms. The quantitative estimate of drug-likeness (QED) is 0.705. The first-order valence-electron chi connectivity index (χ1n) is 8.76. The van der Waals surface area contributed by atoms with Gasteiger partial charge in [0.1, 0.15) is 0 Å². The van der Waals surface area contributed by atoms with Gasteiger partial charge in [0.05, 0.1) is 11.0 Å². The summed E-state index contributed by atoms with van der Waals surface area (Å²) in [4.78, 5) is 25.1. The average Bonchev–Trinajstić information content (AvgIpc) is 2.89. The molecule has 1 amide bonds. The maximum absolute atomic E-state index is 12.7. The van der Waals surface area contributed by atoms with Crippen LogP contribution in [0.15, 0.2) is 47.3 Å². The molecule has 0 aliphatic rings. The minimum atomic E-state index is -0.144. The van der Waals surface area contributed by atoms with Crippen molar-refractivity contribution in [2.24, 2.45) is 0 Å². The number of imidazole rings is 1. The number of carbonyl (C=O) groups excluding carboxylic acids is 1. The van der Waals surface area contributed by atoms with Crippen LogP contribution >= 0.6 is 11.6 Å². The molecular formula is C20H22ClN3O2. The Labute approximate surface area is 157 Å². The number of aromatic nitrogens is 2. The van der Waals surface area contributed by atoms with E-state index in [0.717, 1.165) is 23.0 Å². The topological polar surface area (TPSA) is 56.0 Å². The van der Waals surface area contributed by atoms with Crippen LogP contribution in [0.3, 0.4) is 0 Å². The molecule has 5 nitrogen and oxygen atoms in total. The molecule has 1 heterocycles. The molecule has 0 aliphatic carbocycles. The van der Waals surface area contributed by atoms with Gasteiger partial charge in [0.2, 0.25) is 5.91 Å². The van der Waals surface area contributed by atoms with E-state index in [0.29, 0.717) is 23.8 Å². The number of carbonyl (C=O) groups is 1. The van der Waals surface area contributed by atoms with Gasteiger partial charge < -0.3 is 5.32 Å². The van der Waals surface area contributed by atoms with Crippen molar-refractivity contribution in [3.63, 3.8) is 0 Å². The van der Waals surface area contributed by atoms with Crippen molar-refractivity contribution in [3.8, 4) is 0 Å². The van der Waals surface area contributed by atoms with E-state index in [2.05, 4.69) is 5.32 Å². The molecule has 0 aliphatic heterocycles. The zero-order valence-corrected chi connectivity index (χ0v) is 15.7. The van der Waals surface area contributed by atoms with Crippen LogP contribution in [0.4, 0.5) is 5.69 Å². The Balaban J connectivity index is 1.79. The first-order valence-corrected chi connectivity index (χ1v) is 9.13. The summed E-state index contributed by atoms with van der Waals surface area (Å²) in [5.74, 6) is -0.144. The third-order valence-electron chi connectivity index (χ3n) is 4.48. The SMILES string of the molecule is CCCn1c(=O)n(CCC(=O)Nc2cccc(Cl)c2C)c2ccccc21. The number of rotatable bonds is 6. The maximum atomic E-state index is 12.7. The predicted octanol–water partition coefficient (Wildman–Crippen LogP) is 4.20. The minimum Gasteiger partial charge on any atom is -0.326 e. The van der Waals surface area contributed by atoms with E-state index in [4.69, 9.17) is 11.6 Å². The van der Waals surface area contributed by atoms with Crippen LogP contribution in [0.5, 0.6) is 0 Å². The zero-order chi connectivity index (χ0) is 18.7. The molecule has 136 valence electrons. The maximum Gasteiger partial charge on any atom is 0.329 e. The van der Waals surface area contributed by atoms with Gasteiger partial charge in [-0.2, -0.15) is 0 Å². The zero-order valence-electron chi connectivity index (χ0n) is 15.0. The Morgan fingerprint density at radius 3 is 2.35 bits per heavy atom. The highest BCUT2D eigenvalue weighted by molar-refractivity contribution is 6.31. The Morgan fingerprint density at radius 2 is 1.69 bits per heavy atom. The summed E-state index contributed by atoms with van der Waals surface area (Å²) < 4.78 is 3.45. The fourth-order valence-electron chi connectivity index (χ4n) is 3.10. The molecule has 0 radical (unpaired) electrons. The Bertz CT molecular complexity index is 1000. The van der Waals surface area contributed by atoms with Gasteiger partial charge in [0.25, 0.3) is 0 Å². The molecule has 0 atom stereocenters. The summed E-state index contributed by atoms with van der Waals surface area (Å²) in [6.45, 7) is 4.90. The Hall–Kier alpha value is -2.53. The van der Waals surface area contributed by atoms with Crippen molar-refractivity contribution in [2.75, 3.05) is 5.32 Å². The third kappa shape index (κ3) is 3.53. The molecular weight excluding hydrogens is 350 g/mol. The molecule has 0 saturated heterocycles. The predicted molar refractivity (Wildman–Crippen MR) is 106 cm³/mol. The van der Waals surface area contributed by atoms with Crippen LogP contribution in [0, 0.1) is 6.92 Å². The molecule has 0 bridgehead atoms. The summed E-state index contributed by atoms with van der Waals surface area (Å²) >= 11 is 6.09. The van der Waals surface area contributed by atoms with E-state index in [1.165, 1.54) is 0 Å². The molecule has 2 aromatic carbocycles. The van der Waals surface area contributed by atoms with Crippen LogP contribution in [0.25, 0.3) is 11.0 Å². The highest BCUT2D eigenvalue weighted by Crippen LogP contribution is 2.23. The monoisotopic (exact) mass is 371 g/mol. The fraction of sp³-hybridized carbons (Fsp3) is 0.300. The second kappa shape index (κ2) is 7.79. The number of hydrogen-bond donors (Lipinski definition) is 1. The number of aryl methyl sites for hydroxylation is 2. The van der Waals surface area contributed by atoms with Gasteiger partial charge in [-0.3, -0.25) is 13.9 Å². The summed E-state index contributed by atoms with van der Waals surface area (Å²) in [7, 11) is 0. The van der Waals surface area contributed by atoms with E-state index in [-0.39, 0.29) is 18.0 Å². The standard InChI is InChI=1S/C20H22ClN3O2/c1-3-12-23-17-9-4-5-10-18(17)24(20(23)26)13-11-19(25)22-16-8-6-7-15(21)14(16)2/h4-10H,3,11-13H2,1-2H3,(H,22,25). The van der Waals surface area contributed by atoms with E-state index in [1.807, 2.05) is 44.2 Å². The van der Waals surface area contributed by atoms with Gasteiger partial charge in [-0.05, 0) is 43.2 Å². The average molecular weight is 372 g/mol. The van der Waals surface area contributed by atoms with E-state index < -0.39 is 0 Å². The van der Waals surface area contributed by atoms with Gasteiger partial charge in [0.15, 0.2) is 0 Å². The van der Waals surface area contributed by atoms with E-state index in [1.54, 1.807) is 21.3 Å². The van der Waals surface area contributed by atoms with Crippen molar-refractivity contribution in [3.05, 3.63) is 63.5 Å². The molecule has 0 saturated carbocycles. The molecule has 0 spiro atoms. The molecule has 1 N–H and O–H groups in total. The molecule has 1 aromatic heterocycles. The number of amides is 1. The van der Waals surface area contributed by atoms with Crippen molar-refractivity contribution in [1.29, 1.82) is 0 Å². The van der Waals surface area contributed by atoms with Crippen LogP contribution in [0.1, 0.15) is 25.3 Å². The number of benzene rings is 2. The molecule has 3 rings (SSSR count). The van der Waals surface area contributed by atoms with Gasteiger partial charge >= 0.3 is 5.69 Å². The van der Waals surface area contributed by atoms with Crippen LogP contribution in [-0.4, -0.2) is 15.0 Å². The number of halogens is 1.